The second-order valence-corrected chi connectivity index (χ2v) is 6.81. The lowest BCUT2D eigenvalue weighted by atomic mass is 9.90. The predicted molar refractivity (Wildman–Crippen MR) is 105 cm³/mol. The van der Waals surface area contributed by atoms with Crippen molar-refractivity contribution in [1.29, 1.82) is 5.26 Å². The standard InChI is InChI=1S/C19H20N8O2/c1-10-3-15(29-13-4-11(21)5-13)18(19(24-10)28-2)14-6-16(27-26-14)25-17-9-22-12(7-20)8-23-17/h3,6,8-9,11,13H,4-5,21H2,1-2H3,(H2,23,25,26,27)/t11-,13-. The van der Waals surface area contributed by atoms with Crippen LogP contribution in [-0.4, -0.2) is 44.4 Å². The molecule has 1 fully saturated rings. The Hall–Kier alpha value is -3.71. The molecule has 0 radical (unpaired) electrons. The van der Waals surface area contributed by atoms with E-state index in [9.17, 15) is 0 Å². The van der Waals surface area contributed by atoms with Gasteiger partial charge in [-0.3, -0.25) is 5.10 Å². The number of rotatable bonds is 6. The maximum atomic E-state index is 8.81. The summed E-state index contributed by atoms with van der Waals surface area (Å²) >= 11 is 0. The van der Waals surface area contributed by atoms with E-state index in [0.29, 0.717) is 34.5 Å². The molecule has 3 aromatic rings. The molecule has 3 aromatic heterocycles. The molecule has 0 saturated heterocycles. The van der Waals surface area contributed by atoms with Gasteiger partial charge in [-0.25, -0.2) is 15.0 Å². The summed E-state index contributed by atoms with van der Waals surface area (Å²) < 4.78 is 11.7. The number of pyridine rings is 1. The summed E-state index contributed by atoms with van der Waals surface area (Å²) in [7, 11) is 1.57. The molecule has 0 aliphatic heterocycles. The number of hydrogen-bond acceptors (Lipinski definition) is 9. The van der Waals surface area contributed by atoms with Crippen molar-refractivity contribution >= 4 is 11.6 Å². The number of aromatic nitrogens is 5. The number of aromatic amines is 1. The zero-order chi connectivity index (χ0) is 20.4. The molecule has 0 bridgehead atoms. The Kier molecular flexibility index (Phi) is 4.97. The number of methoxy groups -OCH3 is 1. The Labute approximate surface area is 167 Å². The van der Waals surface area contributed by atoms with Crippen LogP contribution in [0.3, 0.4) is 0 Å². The summed E-state index contributed by atoms with van der Waals surface area (Å²) in [4.78, 5) is 12.6. The van der Waals surface area contributed by atoms with Crippen molar-refractivity contribution in [3.8, 4) is 29.0 Å². The van der Waals surface area contributed by atoms with E-state index in [-0.39, 0.29) is 17.8 Å². The highest BCUT2D eigenvalue weighted by Gasteiger charge is 2.29. The smallest absolute Gasteiger partial charge is 0.226 e. The van der Waals surface area contributed by atoms with E-state index in [1.165, 1.54) is 12.4 Å². The molecule has 4 rings (SSSR count). The number of aryl methyl sites for hydroxylation is 1. The first-order valence-electron chi connectivity index (χ1n) is 9.08. The highest BCUT2D eigenvalue weighted by atomic mass is 16.5. The van der Waals surface area contributed by atoms with Crippen LogP contribution in [0.2, 0.25) is 0 Å². The number of nitriles is 1. The van der Waals surface area contributed by atoms with E-state index in [2.05, 4.69) is 30.5 Å². The minimum absolute atomic E-state index is 0.0738. The zero-order valence-corrected chi connectivity index (χ0v) is 16.0. The summed E-state index contributed by atoms with van der Waals surface area (Å²) in [5.74, 6) is 2.10. The van der Waals surface area contributed by atoms with Gasteiger partial charge < -0.3 is 20.5 Å². The fourth-order valence-electron chi connectivity index (χ4n) is 3.08. The van der Waals surface area contributed by atoms with Gasteiger partial charge in [0.05, 0.1) is 25.2 Å². The quantitative estimate of drug-likeness (QED) is 0.573. The maximum Gasteiger partial charge on any atom is 0.226 e. The van der Waals surface area contributed by atoms with Gasteiger partial charge in [0.15, 0.2) is 11.5 Å². The van der Waals surface area contributed by atoms with Gasteiger partial charge in [0.2, 0.25) is 5.88 Å². The van der Waals surface area contributed by atoms with Crippen molar-refractivity contribution in [3.63, 3.8) is 0 Å². The second kappa shape index (κ2) is 7.73. The minimum Gasteiger partial charge on any atom is -0.489 e. The normalized spacial score (nSPS) is 17.9. The fraction of sp³-hybridized carbons (Fsp3) is 0.316. The van der Waals surface area contributed by atoms with Crippen molar-refractivity contribution in [2.24, 2.45) is 5.73 Å². The molecule has 4 N–H and O–H groups in total. The largest absolute Gasteiger partial charge is 0.489 e. The molecule has 1 aliphatic rings. The first-order chi connectivity index (χ1) is 14.1. The van der Waals surface area contributed by atoms with E-state index in [1.807, 2.05) is 19.1 Å². The lowest BCUT2D eigenvalue weighted by molar-refractivity contribution is 0.101. The van der Waals surface area contributed by atoms with Gasteiger partial charge in [-0.1, -0.05) is 0 Å². The van der Waals surface area contributed by atoms with Crippen LogP contribution >= 0.6 is 0 Å². The predicted octanol–water partition coefficient (Wildman–Crippen LogP) is 2.06. The van der Waals surface area contributed by atoms with Crippen molar-refractivity contribution in [1.82, 2.24) is 25.1 Å². The minimum atomic E-state index is 0.0738. The molecule has 148 valence electrons. The maximum absolute atomic E-state index is 8.81. The van der Waals surface area contributed by atoms with E-state index >= 15 is 0 Å². The number of hydrogen-bond donors (Lipinski definition) is 3. The number of nitrogens with two attached hydrogens (primary N) is 1. The zero-order valence-electron chi connectivity index (χ0n) is 16.0. The number of nitrogens with zero attached hydrogens (tertiary/aromatic N) is 5. The monoisotopic (exact) mass is 392 g/mol. The van der Waals surface area contributed by atoms with Crippen LogP contribution in [0.1, 0.15) is 24.2 Å². The Balaban J connectivity index is 1.62. The van der Waals surface area contributed by atoms with Crippen molar-refractivity contribution in [2.75, 3.05) is 12.4 Å². The van der Waals surface area contributed by atoms with E-state index < -0.39 is 0 Å². The number of nitrogens with one attached hydrogen (secondary N) is 2. The molecule has 1 aliphatic carbocycles. The average molecular weight is 392 g/mol. The molecular weight excluding hydrogens is 372 g/mol. The van der Waals surface area contributed by atoms with Gasteiger partial charge >= 0.3 is 0 Å². The van der Waals surface area contributed by atoms with Crippen LogP contribution in [0.25, 0.3) is 11.3 Å². The number of H-pyrrole nitrogens is 1. The van der Waals surface area contributed by atoms with Crippen LogP contribution in [0, 0.1) is 18.3 Å². The third kappa shape index (κ3) is 3.95. The molecule has 10 heteroatoms. The summed E-state index contributed by atoms with van der Waals surface area (Å²) in [6.45, 7) is 1.88. The van der Waals surface area contributed by atoms with Crippen LogP contribution in [0.4, 0.5) is 11.6 Å². The summed E-state index contributed by atoms with van der Waals surface area (Å²) in [6.07, 6.45) is 4.56. The SMILES string of the molecule is COc1nc(C)cc(O[C@H]2C[C@H](N)C2)c1-c1cc(Nc2cnc(C#N)cn2)n[nH]1. The molecule has 1 saturated carbocycles. The van der Waals surface area contributed by atoms with Gasteiger partial charge in [0.25, 0.3) is 0 Å². The fourth-order valence-corrected chi connectivity index (χ4v) is 3.08. The topological polar surface area (TPSA) is 148 Å². The highest BCUT2D eigenvalue weighted by molar-refractivity contribution is 5.75. The first-order valence-corrected chi connectivity index (χ1v) is 9.08. The first kappa shape index (κ1) is 18.6. The van der Waals surface area contributed by atoms with Crippen LogP contribution in [0.15, 0.2) is 24.5 Å². The number of ether oxygens (including phenoxy) is 2. The Morgan fingerprint density at radius 1 is 1.24 bits per heavy atom. The van der Waals surface area contributed by atoms with E-state index in [0.717, 1.165) is 18.5 Å². The second-order valence-electron chi connectivity index (χ2n) is 6.81. The van der Waals surface area contributed by atoms with Crippen molar-refractivity contribution in [3.05, 3.63) is 35.9 Å². The van der Waals surface area contributed by atoms with Gasteiger partial charge in [0.1, 0.15) is 29.3 Å². The van der Waals surface area contributed by atoms with Crippen molar-refractivity contribution < 1.29 is 9.47 Å². The molecule has 0 amide bonds. The summed E-state index contributed by atoms with van der Waals surface area (Å²) in [5, 5.41) is 19.1. The average Bonchev–Trinajstić information content (AvgIpc) is 3.14. The van der Waals surface area contributed by atoms with Gasteiger partial charge in [0, 0.05) is 23.9 Å². The summed E-state index contributed by atoms with van der Waals surface area (Å²) in [6, 6.07) is 5.79. The van der Waals surface area contributed by atoms with E-state index in [4.69, 9.17) is 20.5 Å². The Morgan fingerprint density at radius 2 is 2.07 bits per heavy atom. The Morgan fingerprint density at radius 3 is 2.72 bits per heavy atom. The van der Waals surface area contributed by atoms with Crippen LogP contribution < -0.4 is 20.5 Å². The number of anilines is 2. The van der Waals surface area contributed by atoms with Gasteiger partial charge in [-0.15, -0.1) is 0 Å². The lowest BCUT2D eigenvalue weighted by Crippen LogP contribution is -2.43. The molecule has 0 spiro atoms. The lowest BCUT2D eigenvalue weighted by Gasteiger charge is -2.33. The van der Waals surface area contributed by atoms with Gasteiger partial charge in [-0.2, -0.15) is 10.4 Å². The molecule has 0 atom stereocenters. The molecule has 0 aromatic carbocycles. The summed E-state index contributed by atoms with van der Waals surface area (Å²) in [5.41, 5.74) is 8.27. The molecular formula is C19H20N8O2. The van der Waals surface area contributed by atoms with Gasteiger partial charge in [-0.05, 0) is 19.8 Å². The molecule has 0 unspecified atom stereocenters. The third-order valence-electron chi connectivity index (χ3n) is 4.57. The van der Waals surface area contributed by atoms with Crippen molar-refractivity contribution in [2.45, 2.75) is 31.9 Å². The third-order valence-corrected chi connectivity index (χ3v) is 4.57. The van der Waals surface area contributed by atoms with Crippen LogP contribution in [-0.2, 0) is 0 Å². The molecule has 3 heterocycles. The molecule has 10 nitrogen and oxygen atoms in total. The van der Waals surface area contributed by atoms with E-state index in [1.54, 1.807) is 13.2 Å². The highest BCUT2D eigenvalue weighted by Crippen LogP contribution is 2.39. The molecule has 29 heavy (non-hydrogen) atoms. The Bertz CT molecular complexity index is 1050. The van der Waals surface area contributed by atoms with Crippen LogP contribution in [0.5, 0.6) is 11.6 Å².